The van der Waals surface area contributed by atoms with Gasteiger partial charge in [0.15, 0.2) is 0 Å². The van der Waals surface area contributed by atoms with Crippen LogP contribution in [0.3, 0.4) is 0 Å². The summed E-state index contributed by atoms with van der Waals surface area (Å²) in [7, 11) is 4.03. The quantitative estimate of drug-likeness (QED) is 0.880. The van der Waals surface area contributed by atoms with Gasteiger partial charge in [-0.15, -0.1) is 0 Å². The zero-order valence-corrected chi connectivity index (χ0v) is 14.2. The topological polar surface area (TPSA) is 32.3 Å². The number of benzene rings is 1. The fourth-order valence-electron chi connectivity index (χ4n) is 2.96. The first kappa shape index (κ1) is 16.1. The molecular formula is C18H21FN2OS. The molecule has 1 saturated carbocycles. The number of hydrogen-bond acceptors (Lipinski definition) is 3. The summed E-state index contributed by atoms with van der Waals surface area (Å²) in [5.74, 6) is -0.221. The Kier molecular flexibility index (Phi) is 4.50. The van der Waals surface area contributed by atoms with Gasteiger partial charge >= 0.3 is 0 Å². The molecule has 5 heteroatoms. The third kappa shape index (κ3) is 3.31. The summed E-state index contributed by atoms with van der Waals surface area (Å²) in [6.07, 6.45) is 1.66. The number of nitrogens with one attached hydrogen (secondary N) is 1. The summed E-state index contributed by atoms with van der Waals surface area (Å²) in [5.41, 5.74) is 1.67. The Bertz CT molecular complexity index is 663. The van der Waals surface area contributed by atoms with Crippen molar-refractivity contribution in [2.24, 2.45) is 0 Å². The lowest BCUT2D eigenvalue weighted by molar-refractivity contribution is -0.123. The van der Waals surface area contributed by atoms with E-state index in [-0.39, 0.29) is 17.8 Å². The minimum absolute atomic E-state index is 0.0474. The van der Waals surface area contributed by atoms with E-state index in [1.807, 2.05) is 14.1 Å². The molecule has 2 aromatic rings. The molecule has 3 rings (SSSR count). The van der Waals surface area contributed by atoms with E-state index in [9.17, 15) is 9.18 Å². The SMILES string of the molecule is CN(C)[C@@H](CNC(=O)C1(c2ccc(F)cc2)CC1)c1ccsc1. The summed E-state index contributed by atoms with van der Waals surface area (Å²) in [4.78, 5) is 14.8. The number of halogens is 1. The number of amides is 1. The summed E-state index contributed by atoms with van der Waals surface area (Å²) in [6.45, 7) is 0.575. The smallest absolute Gasteiger partial charge is 0.230 e. The van der Waals surface area contributed by atoms with E-state index in [0.29, 0.717) is 6.54 Å². The van der Waals surface area contributed by atoms with Gasteiger partial charge in [0.25, 0.3) is 0 Å². The third-order valence-electron chi connectivity index (χ3n) is 4.59. The van der Waals surface area contributed by atoms with Gasteiger partial charge in [-0.2, -0.15) is 11.3 Å². The van der Waals surface area contributed by atoms with Gasteiger partial charge in [0.1, 0.15) is 5.82 Å². The lowest BCUT2D eigenvalue weighted by Gasteiger charge is -2.25. The van der Waals surface area contributed by atoms with Gasteiger partial charge in [-0.1, -0.05) is 12.1 Å². The van der Waals surface area contributed by atoms with Crippen molar-refractivity contribution >= 4 is 17.2 Å². The maximum atomic E-state index is 13.1. The Balaban J connectivity index is 1.68. The molecule has 1 atom stereocenters. The second-order valence-electron chi connectivity index (χ2n) is 6.34. The largest absolute Gasteiger partial charge is 0.353 e. The molecule has 0 radical (unpaired) electrons. The second-order valence-corrected chi connectivity index (χ2v) is 7.12. The number of thiophene rings is 1. The molecule has 0 unspecified atom stereocenters. The lowest BCUT2D eigenvalue weighted by atomic mass is 9.94. The highest BCUT2D eigenvalue weighted by atomic mass is 32.1. The number of carbonyl (C=O) groups is 1. The molecule has 1 aliphatic rings. The van der Waals surface area contributed by atoms with Crippen LogP contribution in [0.15, 0.2) is 41.1 Å². The van der Waals surface area contributed by atoms with Crippen molar-refractivity contribution in [3.8, 4) is 0 Å². The van der Waals surface area contributed by atoms with Gasteiger partial charge in [0.2, 0.25) is 5.91 Å². The zero-order valence-electron chi connectivity index (χ0n) is 13.4. The van der Waals surface area contributed by atoms with Crippen LogP contribution in [0, 0.1) is 5.82 Å². The Morgan fingerprint density at radius 2 is 2.00 bits per heavy atom. The van der Waals surface area contributed by atoms with Gasteiger partial charge < -0.3 is 10.2 Å². The maximum absolute atomic E-state index is 13.1. The van der Waals surface area contributed by atoms with Crippen LogP contribution in [0.25, 0.3) is 0 Å². The minimum atomic E-state index is -0.459. The molecule has 1 aromatic heterocycles. The molecule has 0 aliphatic heterocycles. The van der Waals surface area contributed by atoms with Crippen LogP contribution >= 0.6 is 11.3 Å². The van der Waals surface area contributed by atoms with Gasteiger partial charge in [-0.3, -0.25) is 4.79 Å². The third-order valence-corrected chi connectivity index (χ3v) is 5.29. The summed E-state index contributed by atoms with van der Waals surface area (Å²) >= 11 is 1.66. The maximum Gasteiger partial charge on any atom is 0.230 e. The van der Waals surface area contributed by atoms with E-state index in [4.69, 9.17) is 0 Å². The molecule has 0 saturated heterocycles. The van der Waals surface area contributed by atoms with Crippen LogP contribution in [0.4, 0.5) is 4.39 Å². The Labute approximate surface area is 140 Å². The molecule has 0 bridgehead atoms. The van der Waals surface area contributed by atoms with Crippen LogP contribution in [-0.2, 0) is 10.2 Å². The number of carbonyl (C=O) groups excluding carboxylic acids is 1. The van der Waals surface area contributed by atoms with E-state index in [1.54, 1.807) is 23.5 Å². The minimum Gasteiger partial charge on any atom is -0.353 e. The van der Waals surface area contributed by atoms with E-state index < -0.39 is 5.41 Å². The Morgan fingerprint density at radius 3 is 2.52 bits per heavy atom. The van der Waals surface area contributed by atoms with E-state index in [2.05, 4.69) is 27.0 Å². The number of hydrogen-bond donors (Lipinski definition) is 1. The molecule has 1 heterocycles. The highest BCUT2D eigenvalue weighted by molar-refractivity contribution is 7.07. The van der Waals surface area contributed by atoms with Crippen molar-refractivity contribution in [1.82, 2.24) is 10.2 Å². The molecule has 1 aromatic carbocycles. The molecule has 3 nitrogen and oxygen atoms in total. The number of likely N-dealkylation sites (N-methyl/N-ethyl adjacent to an activating group) is 1. The first-order valence-corrected chi connectivity index (χ1v) is 8.70. The van der Waals surface area contributed by atoms with Crippen LogP contribution in [0.5, 0.6) is 0 Å². The van der Waals surface area contributed by atoms with Crippen LogP contribution in [0.1, 0.15) is 30.0 Å². The summed E-state index contributed by atoms with van der Waals surface area (Å²) in [5, 5.41) is 7.26. The predicted molar refractivity (Wildman–Crippen MR) is 91.1 cm³/mol. The van der Waals surface area contributed by atoms with Crippen molar-refractivity contribution in [1.29, 1.82) is 0 Å². The molecule has 1 N–H and O–H groups in total. The van der Waals surface area contributed by atoms with E-state index >= 15 is 0 Å². The monoisotopic (exact) mass is 332 g/mol. The first-order valence-electron chi connectivity index (χ1n) is 7.76. The van der Waals surface area contributed by atoms with E-state index in [1.165, 1.54) is 17.7 Å². The Morgan fingerprint density at radius 1 is 1.30 bits per heavy atom. The van der Waals surface area contributed by atoms with Crippen molar-refractivity contribution in [2.45, 2.75) is 24.3 Å². The number of rotatable bonds is 6. The average Bonchev–Trinajstić information content (AvgIpc) is 3.17. The first-order chi connectivity index (χ1) is 11.0. The summed E-state index contributed by atoms with van der Waals surface area (Å²) in [6, 6.07) is 8.56. The van der Waals surface area contributed by atoms with E-state index in [0.717, 1.165) is 18.4 Å². The second kappa shape index (κ2) is 6.42. The van der Waals surface area contributed by atoms with Crippen LogP contribution < -0.4 is 5.32 Å². The average molecular weight is 332 g/mol. The van der Waals surface area contributed by atoms with Gasteiger partial charge in [-0.25, -0.2) is 4.39 Å². The molecule has 1 amide bonds. The molecule has 1 fully saturated rings. The predicted octanol–water partition coefficient (Wildman–Crippen LogP) is 3.34. The Hall–Kier alpha value is -1.72. The highest BCUT2D eigenvalue weighted by Gasteiger charge is 2.51. The van der Waals surface area contributed by atoms with Crippen molar-refractivity contribution in [3.63, 3.8) is 0 Å². The molecule has 0 spiro atoms. The fourth-order valence-corrected chi connectivity index (χ4v) is 3.67. The summed E-state index contributed by atoms with van der Waals surface area (Å²) < 4.78 is 13.1. The van der Waals surface area contributed by atoms with Crippen LogP contribution in [0.2, 0.25) is 0 Å². The standard InChI is InChI=1S/C18H21FN2OS/c1-21(2)16(13-7-10-23-12-13)11-20-17(22)18(8-9-18)14-3-5-15(19)6-4-14/h3-7,10,12,16H,8-9,11H2,1-2H3,(H,20,22)/t16-/m0/s1. The van der Waals surface area contributed by atoms with Crippen molar-refractivity contribution in [2.75, 3.05) is 20.6 Å². The lowest BCUT2D eigenvalue weighted by Crippen LogP contribution is -2.40. The van der Waals surface area contributed by atoms with Gasteiger partial charge in [0, 0.05) is 6.54 Å². The molecule has 1 aliphatic carbocycles. The van der Waals surface area contributed by atoms with Crippen molar-refractivity contribution in [3.05, 3.63) is 58.0 Å². The van der Waals surface area contributed by atoms with Gasteiger partial charge in [-0.05, 0) is 67.0 Å². The fraction of sp³-hybridized carbons (Fsp3) is 0.389. The highest BCUT2D eigenvalue weighted by Crippen LogP contribution is 2.48. The molecule has 23 heavy (non-hydrogen) atoms. The molecule has 122 valence electrons. The van der Waals surface area contributed by atoms with Gasteiger partial charge in [0.05, 0.1) is 11.5 Å². The van der Waals surface area contributed by atoms with Crippen molar-refractivity contribution < 1.29 is 9.18 Å². The number of nitrogens with zero attached hydrogens (tertiary/aromatic N) is 1. The molecular weight excluding hydrogens is 311 g/mol. The zero-order chi connectivity index (χ0) is 16.4. The normalized spacial score (nSPS) is 17.0. The van der Waals surface area contributed by atoms with Crippen LogP contribution in [-0.4, -0.2) is 31.4 Å².